The molecule has 1 aromatic carbocycles. The molecule has 2 amide bonds. The number of nitrogens with one attached hydrogen (secondary N) is 1. The Bertz CT molecular complexity index is 444. The molecule has 0 aromatic heterocycles. The van der Waals surface area contributed by atoms with Crippen LogP contribution in [-0.4, -0.2) is 46.8 Å². The third-order valence-electron chi connectivity index (χ3n) is 2.81. The molecule has 1 aromatic rings. The van der Waals surface area contributed by atoms with Gasteiger partial charge in [0.05, 0.1) is 19.1 Å². The van der Waals surface area contributed by atoms with Gasteiger partial charge in [-0.25, -0.2) is 4.79 Å². The average Bonchev–Trinajstić information content (AvgIpc) is 2.38. The first kappa shape index (κ1) is 15.0. The van der Waals surface area contributed by atoms with Gasteiger partial charge in [-0.2, -0.15) is 0 Å². The second-order valence-electron chi connectivity index (χ2n) is 4.34. The predicted octanol–water partition coefficient (Wildman–Crippen LogP) is 1.16. The second-order valence-corrected chi connectivity index (χ2v) is 4.34. The van der Waals surface area contributed by atoms with Gasteiger partial charge in [0.15, 0.2) is 0 Å². The number of aliphatic hydroxyl groups is 1. The van der Waals surface area contributed by atoms with Crippen LogP contribution >= 0.6 is 0 Å². The second kappa shape index (κ2) is 6.75. The molecule has 1 atom stereocenters. The van der Waals surface area contributed by atoms with E-state index in [0.29, 0.717) is 11.3 Å². The Hall–Kier alpha value is -2.08. The predicted molar refractivity (Wildman–Crippen MR) is 71.1 cm³/mol. The third-order valence-corrected chi connectivity index (χ3v) is 2.81. The number of benzene rings is 1. The van der Waals surface area contributed by atoms with Crippen molar-refractivity contribution in [3.05, 3.63) is 29.8 Å². The Morgan fingerprint density at radius 2 is 1.89 bits per heavy atom. The summed E-state index contributed by atoms with van der Waals surface area (Å²) in [4.78, 5) is 23.7. The van der Waals surface area contributed by atoms with E-state index in [-0.39, 0.29) is 25.1 Å². The highest BCUT2D eigenvalue weighted by Crippen LogP contribution is 2.11. The zero-order valence-electron chi connectivity index (χ0n) is 11.0. The number of carboxylic acid groups (broad SMARTS) is 1. The lowest BCUT2D eigenvalue weighted by Crippen LogP contribution is -2.40. The number of carbonyl (C=O) groups excluding carboxylic acids is 1. The van der Waals surface area contributed by atoms with Crippen molar-refractivity contribution >= 4 is 17.7 Å². The van der Waals surface area contributed by atoms with Gasteiger partial charge < -0.3 is 20.4 Å². The average molecular weight is 266 g/mol. The van der Waals surface area contributed by atoms with Crippen molar-refractivity contribution < 1.29 is 19.8 Å². The van der Waals surface area contributed by atoms with Gasteiger partial charge in [0.25, 0.3) is 0 Å². The van der Waals surface area contributed by atoms with Crippen LogP contribution in [-0.2, 0) is 11.2 Å². The standard InChI is InChI=1S/C13H18N2O4/c1-9(8-16)15(2)13(19)14-11-5-3-10(4-6-11)7-12(17)18/h3-6,9,16H,7-8H2,1-2H3,(H,14,19)(H,17,18). The minimum absolute atomic E-state index is 0.0460. The fraction of sp³-hybridized carbons (Fsp3) is 0.385. The molecule has 0 aliphatic carbocycles. The minimum Gasteiger partial charge on any atom is -0.481 e. The molecule has 104 valence electrons. The number of nitrogens with zero attached hydrogens (tertiary/aromatic N) is 1. The van der Waals surface area contributed by atoms with Crippen LogP contribution < -0.4 is 5.32 Å². The van der Waals surface area contributed by atoms with Gasteiger partial charge >= 0.3 is 12.0 Å². The number of amides is 2. The minimum atomic E-state index is -0.895. The van der Waals surface area contributed by atoms with Crippen LogP contribution in [0.5, 0.6) is 0 Å². The SMILES string of the molecule is CC(CO)N(C)C(=O)Nc1ccc(CC(=O)O)cc1. The number of carboxylic acids is 1. The number of rotatable bonds is 5. The van der Waals surface area contributed by atoms with E-state index in [1.54, 1.807) is 38.2 Å². The number of urea groups is 1. The van der Waals surface area contributed by atoms with Gasteiger partial charge in [-0.1, -0.05) is 12.1 Å². The Balaban J connectivity index is 2.62. The third kappa shape index (κ3) is 4.59. The van der Waals surface area contributed by atoms with Crippen LogP contribution in [0.15, 0.2) is 24.3 Å². The molecule has 1 unspecified atom stereocenters. The number of likely N-dealkylation sites (N-methyl/N-ethyl adjacent to an activating group) is 1. The maximum Gasteiger partial charge on any atom is 0.321 e. The molecule has 0 heterocycles. The number of aliphatic hydroxyl groups excluding tert-OH is 1. The van der Waals surface area contributed by atoms with Crippen molar-refractivity contribution in [2.75, 3.05) is 19.0 Å². The largest absolute Gasteiger partial charge is 0.481 e. The Labute approximate surface area is 111 Å². The first-order chi connectivity index (χ1) is 8.93. The fourth-order valence-corrected chi connectivity index (χ4v) is 1.41. The topological polar surface area (TPSA) is 89.9 Å². The van der Waals surface area contributed by atoms with Crippen molar-refractivity contribution in [2.45, 2.75) is 19.4 Å². The van der Waals surface area contributed by atoms with Gasteiger partial charge in [-0.15, -0.1) is 0 Å². The van der Waals surface area contributed by atoms with Crippen LogP contribution in [0.3, 0.4) is 0 Å². The van der Waals surface area contributed by atoms with E-state index in [4.69, 9.17) is 10.2 Å². The smallest absolute Gasteiger partial charge is 0.321 e. The molecule has 0 aliphatic heterocycles. The number of hydrogen-bond donors (Lipinski definition) is 3. The van der Waals surface area contributed by atoms with Crippen LogP contribution in [0, 0.1) is 0 Å². The number of aliphatic carboxylic acids is 1. The Morgan fingerprint density at radius 1 is 1.32 bits per heavy atom. The molecule has 0 spiro atoms. The molecule has 19 heavy (non-hydrogen) atoms. The molecular weight excluding hydrogens is 248 g/mol. The summed E-state index contributed by atoms with van der Waals surface area (Å²) in [5, 5.41) is 20.3. The Morgan fingerprint density at radius 3 is 2.37 bits per heavy atom. The molecule has 0 saturated heterocycles. The summed E-state index contributed by atoms with van der Waals surface area (Å²) >= 11 is 0. The van der Waals surface area contributed by atoms with Crippen molar-refractivity contribution in [1.82, 2.24) is 4.90 Å². The van der Waals surface area contributed by atoms with Gasteiger partial charge in [-0.3, -0.25) is 4.79 Å². The van der Waals surface area contributed by atoms with Crippen molar-refractivity contribution in [1.29, 1.82) is 0 Å². The monoisotopic (exact) mass is 266 g/mol. The molecule has 1 rings (SSSR count). The van der Waals surface area contributed by atoms with E-state index in [1.165, 1.54) is 4.90 Å². The lowest BCUT2D eigenvalue weighted by atomic mass is 10.1. The maximum atomic E-state index is 11.8. The zero-order chi connectivity index (χ0) is 14.4. The molecule has 0 saturated carbocycles. The van der Waals surface area contributed by atoms with Gasteiger partial charge in [0.2, 0.25) is 0 Å². The molecule has 0 fully saturated rings. The molecule has 6 heteroatoms. The fourth-order valence-electron chi connectivity index (χ4n) is 1.41. The summed E-state index contributed by atoms with van der Waals surface area (Å²) in [7, 11) is 1.59. The Kier molecular flexibility index (Phi) is 5.32. The van der Waals surface area contributed by atoms with E-state index >= 15 is 0 Å². The van der Waals surface area contributed by atoms with Crippen LogP contribution in [0.25, 0.3) is 0 Å². The summed E-state index contributed by atoms with van der Waals surface area (Å²) in [6.45, 7) is 1.62. The van der Waals surface area contributed by atoms with Gasteiger partial charge in [-0.05, 0) is 24.6 Å². The summed E-state index contributed by atoms with van der Waals surface area (Å²) in [5.74, 6) is -0.895. The summed E-state index contributed by atoms with van der Waals surface area (Å²) in [6, 6.07) is 6.00. The number of hydrogen-bond acceptors (Lipinski definition) is 3. The summed E-state index contributed by atoms with van der Waals surface area (Å²) in [5.41, 5.74) is 1.25. The van der Waals surface area contributed by atoms with Crippen molar-refractivity contribution in [3.63, 3.8) is 0 Å². The highest BCUT2D eigenvalue weighted by Gasteiger charge is 2.14. The highest BCUT2D eigenvalue weighted by molar-refractivity contribution is 5.89. The van der Waals surface area contributed by atoms with E-state index in [0.717, 1.165) is 0 Å². The summed E-state index contributed by atoms with van der Waals surface area (Å²) in [6.07, 6.45) is -0.0460. The van der Waals surface area contributed by atoms with E-state index < -0.39 is 5.97 Å². The van der Waals surface area contributed by atoms with Crippen LogP contribution in [0.4, 0.5) is 10.5 Å². The molecular formula is C13H18N2O4. The number of carbonyl (C=O) groups is 2. The molecule has 0 aliphatic rings. The van der Waals surface area contributed by atoms with Crippen LogP contribution in [0.2, 0.25) is 0 Å². The van der Waals surface area contributed by atoms with Crippen molar-refractivity contribution in [2.24, 2.45) is 0 Å². The van der Waals surface area contributed by atoms with E-state index in [2.05, 4.69) is 5.32 Å². The van der Waals surface area contributed by atoms with E-state index in [9.17, 15) is 9.59 Å². The first-order valence-electron chi connectivity index (χ1n) is 5.89. The molecule has 0 bridgehead atoms. The van der Waals surface area contributed by atoms with Crippen LogP contribution in [0.1, 0.15) is 12.5 Å². The molecule has 3 N–H and O–H groups in total. The van der Waals surface area contributed by atoms with Gasteiger partial charge in [0, 0.05) is 12.7 Å². The quantitative estimate of drug-likeness (QED) is 0.746. The highest BCUT2D eigenvalue weighted by atomic mass is 16.4. The van der Waals surface area contributed by atoms with E-state index in [1.807, 2.05) is 0 Å². The van der Waals surface area contributed by atoms with Gasteiger partial charge in [0.1, 0.15) is 0 Å². The molecule has 0 radical (unpaired) electrons. The maximum absolute atomic E-state index is 11.8. The van der Waals surface area contributed by atoms with Crippen molar-refractivity contribution in [3.8, 4) is 0 Å². The number of anilines is 1. The lowest BCUT2D eigenvalue weighted by molar-refractivity contribution is -0.136. The summed E-state index contributed by atoms with van der Waals surface area (Å²) < 4.78 is 0. The normalized spacial score (nSPS) is 11.7. The lowest BCUT2D eigenvalue weighted by Gasteiger charge is -2.23. The molecule has 6 nitrogen and oxygen atoms in total. The first-order valence-corrected chi connectivity index (χ1v) is 5.89. The zero-order valence-corrected chi connectivity index (χ0v) is 11.0.